The van der Waals surface area contributed by atoms with Gasteiger partial charge in [-0.05, 0) is 61.7 Å². The van der Waals surface area contributed by atoms with Crippen molar-refractivity contribution in [2.24, 2.45) is 0 Å². The average molecular weight is 405 g/mol. The third kappa shape index (κ3) is 4.41. The largest absolute Gasteiger partial charge is 0.496 e. The molecule has 4 nitrogen and oxygen atoms in total. The van der Waals surface area contributed by atoms with Crippen molar-refractivity contribution in [3.05, 3.63) is 57.9 Å². The fraction of sp³-hybridized carbons (Fsp3) is 0.333. The van der Waals surface area contributed by atoms with E-state index in [0.29, 0.717) is 40.6 Å². The van der Waals surface area contributed by atoms with Crippen molar-refractivity contribution in [3.63, 3.8) is 0 Å². The zero-order valence-electron chi connectivity index (χ0n) is 15.2. The van der Waals surface area contributed by atoms with Crippen LogP contribution in [-0.2, 0) is 22.7 Å². The standard InChI is InChI=1S/C18H19F4NO3S/c1-10-7-16(26-4)11(2)12(3)17(10)27(24,25)23-9-13-8-14(18(20,21)22)5-6-15(13)19/h5-8,23H,9H2,1-4H3. The molecule has 0 saturated carbocycles. The molecule has 27 heavy (non-hydrogen) atoms. The van der Waals surface area contributed by atoms with E-state index in [-0.39, 0.29) is 4.90 Å². The summed E-state index contributed by atoms with van der Waals surface area (Å²) in [5.41, 5.74) is 0.0317. The van der Waals surface area contributed by atoms with Crippen molar-refractivity contribution in [2.45, 2.75) is 38.4 Å². The number of sulfonamides is 1. The maximum absolute atomic E-state index is 13.8. The highest BCUT2D eigenvalue weighted by atomic mass is 32.2. The summed E-state index contributed by atoms with van der Waals surface area (Å²) >= 11 is 0. The first-order chi connectivity index (χ1) is 12.4. The van der Waals surface area contributed by atoms with Crippen molar-refractivity contribution in [1.82, 2.24) is 4.72 Å². The SMILES string of the molecule is COc1cc(C)c(S(=O)(=O)NCc2cc(C(F)(F)F)ccc2F)c(C)c1C. The molecule has 0 aliphatic rings. The Bertz CT molecular complexity index is 970. The molecule has 9 heteroatoms. The minimum Gasteiger partial charge on any atom is -0.496 e. The summed E-state index contributed by atoms with van der Waals surface area (Å²) in [6.07, 6.45) is -4.65. The molecule has 1 N–H and O–H groups in total. The van der Waals surface area contributed by atoms with E-state index in [1.54, 1.807) is 26.8 Å². The van der Waals surface area contributed by atoms with Crippen molar-refractivity contribution in [3.8, 4) is 5.75 Å². The van der Waals surface area contributed by atoms with Gasteiger partial charge in [-0.3, -0.25) is 0 Å². The molecule has 0 fully saturated rings. The van der Waals surface area contributed by atoms with E-state index in [1.165, 1.54) is 7.11 Å². The van der Waals surface area contributed by atoms with Crippen LogP contribution >= 0.6 is 0 Å². The molecule has 148 valence electrons. The summed E-state index contributed by atoms with van der Waals surface area (Å²) in [7, 11) is -2.62. The Hall–Kier alpha value is -2.13. The minimum absolute atomic E-state index is 0.00631. The van der Waals surface area contributed by atoms with Crippen molar-refractivity contribution in [2.75, 3.05) is 7.11 Å². The number of benzene rings is 2. The Balaban J connectivity index is 2.38. The molecule has 0 aromatic heterocycles. The Morgan fingerprint density at radius 1 is 1.07 bits per heavy atom. The van der Waals surface area contributed by atoms with E-state index in [1.807, 2.05) is 0 Å². The molecule has 0 radical (unpaired) electrons. The monoisotopic (exact) mass is 405 g/mol. The van der Waals surface area contributed by atoms with Gasteiger partial charge >= 0.3 is 6.18 Å². The molecule has 0 heterocycles. The van der Waals surface area contributed by atoms with Crippen molar-refractivity contribution in [1.29, 1.82) is 0 Å². The number of nitrogens with one attached hydrogen (secondary N) is 1. The smallest absolute Gasteiger partial charge is 0.416 e. The van der Waals surface area contributed by atoms with Gasteiger partial charge in [0.1, 0.15) is 11.6 Å². The third-order valence-electron chi connectivity index (χ3n) is 4.29. The quantitative estimate of drug-likeness (QED) is 0.757. The molecule has 0 unspecified atom stereocenters. The van der Waals surface area contributed by atoms with Crippen LogP contribution in [0.1, 0.15) is 27.8 Å². The van der Waals surface area contributed by atoms with Crippen molar-refractivity contribution < 1.29 is 30.7 Å². The molecule has 0 aliphatic heterocycles. The average Bonchev–Trinajstić information content (AvgIpc) is 2.56. The van der Waals surface area contributed by atoms with Crippen LogP contribution in [0.25, 0.3) is 0 Å². The number of halogens is 4. The summed E-state index contributed by atoms with van der Waals surface area (Å²) in [5, 5.41) is 0. The molecule has 0 bridgehead atoms. The molecular weight excluding hydrogens is 386 g/mol. The number of ether oxygens (including phenoxy) is 1. The Labute approximate surface area is 155 Å². The highest BCUT2D eigenvalue weighted by Gasteiger charge is 2.31. The first kappa shape index (κ1) is 21.2. The molecule has 0 atom stereocenters. The lowest BCUT2D eigenvalue weighted by molar-refractivity contribution is -0.137. The van der Waals surface area contributed by atoms with Gasteiger partial charge in [0.25, 0.3) is 0 Å². The van der Waals surface area contributed by atoms with Gasteiger partial charge in [-0.15, -0.1) is 0 Å². The van der Waals surface area contributed by atoms with Crippen LogP contribution < -0.4 is 9.46 Å². The van der Waals surface area contributed by atoms with Crippen LogP contribution in [0.4, 0.5) is 17.6 Å². The Morgan fingerprint density at radius 2 is 1.70 bits per heavy atom. The van der Waals surface area contributed by atoms with Gasteiger partial charge in [-0.2, -0.15) is 13.2 Å². The van der Waals surface area contributed by atoms with Crippen LogP contribution in [0.15, 0.2) is 29.2 Å². The summed E-state index contributed by atoms with van der Waals surface area (Å²) < 4.78 is 85.0. The van der Waals surface area contributed by atoms with E-state index in [4.69, 9.17) is 4.74 Å². The summed E-state index contributed by atoms with van der Waals surface area (Å²) in [6, 6.07) is 3.42. The molecule has 2 aromatic rings. The van der Waals surface area contributed by atoms with Gasteiger partial charge in [0.2, 0.25) is 10.0 Å². The summed E-state index contributed by atoms with van der Waals surface area (Å²) in [4.78, 5) is -0.00631. The van der Waals surface area contributed by atoms with E-state index in [0.717, 1.165) is 0 Å². The number of methoxy groups -OCH3 is 1. The van der Waals surface area contributed by atoms with E-state index < -0.39 is 39.7 Å². The first-order valence-corrected chi connectivity index (χ1v) is 9.37. The van der Waals surface area contributed by atoms with Gasteiger partial charge in [0, 0.05) is 12.1 Å². The van der Waals surface area contributed by atoms with Crippen LogP contribution in [0.2, 0.25) is 0 Å². The lowest BCUT2D eigenvalue weighted by atomic mass is 10.1. The highest BCUT2D eigenvalue weighted by Crippen LogP contribution is 2.32. The third-order valence-corrected chi connectivity index (χ3v) is 5.98. The van der Waals surface area contributed by atoms with Gasteiger partial charge in [0.05, 0.1) is 17.6 Å². The zero-order valence-corrected chi connectivity index (χ0v) is 16.0. The number of alkyl halides is 3. The van der Waals surface area contributed by atoms with Gasteiger partial charge in [-0.25, -0.2) is 17.5 Å². The summed E-state index contributed by atoms with van der Waals surface area (Å²) in [5.74, 6) is -0.405. The van der Waals surface area contributed by atoms with Crippen molar-refractivity contribution >= 4 is 10.0 Å². The normalized spacial score (nSPS) is 12.3. The molecule has 0 aliphatic carbocycles. The van der Waals surface area contributed by atoms with Gasteiger partial charge in [-0.1, -0.05) is 0 Å². The molecule has 2 rings (SSSR count). The maximum Gasteiger partial charge on any atom is 0.416 e. The number of hydrogen-bond acceptors (Lipinski definition) is 3. The maximum atomic E-state index is 13.8. The second-order valence-corrected chi connectivity index (χ2v) is 7.81. The predicted octanol–water partition coefficient (Wildman–Crippen LogP) is 4.26. The number of aryl methyl sites for hydroxylation is 1. The number of hydrogen-bond donors (Lipinski definition) is 1. The zero-order chi connectivity index (χ0) is 20.6. The highest BCUT2D eigenvalue weighted by molar-refractivity contribution is 7.89. The molecule has 0 saturated heterocycles. The summed E-state index contributed by atoms with van der Waals surface area (Å²) in [6.45, 7) is 4.26. The molecule has 2 aromatic carbocycles. The molecule has 0 amide bonds. The lowest BCUT2D eigenvalue weighted by Gasteiger charge is -2.17. The molecular formula is C18H19F4NO3S. The predicted molar refractivity (Wildman–Crippen MR) is 92.6 cm³/mol. The fourth-order valence-corrected chi connectivity index (χ4v) is 4.31. The second-order valence-electron chi connectivity index (χ2n) is 6.10. The second kappa shape index (κ2) is 7.47. The van der Waals surface area contributed by atoms with Gasteiger partial charge in [0.15, 0.2) is 0 Å². The lowest BCUT2D eigenvalue weighted by Crippen LogP contribution is -2.26. The van der Waals surface area contributed by atoms with Crippen LogP contribution in [-0.4, -0.2) is 15.5 Å². The van der Waals surface area contributed by atoms with Crippen LogP contribution in [0, 0.1) is 26.6 Å². The fourth-order valence-electron chi connectivity index (χ4n) is 2.78. The minimum atomic E-state index is -4.65. The van der Waals surface area contributed by atoms with E-state index in [9.17, 15) is 26.0 Å². The van der Waals surface area contributed by atoms with Crippen LogP contribution in [0.3, 0.4) is 0 Å². The topological polar surface area (TPSA) is 55.4 Å². The first-order valence-electron chi connectivity index (χ1n) is 7.88. The van der Waals surface area contributed by atoms with Gasteiger partial charge < -0.3 is 4.74 Å². The van der Waals surface area contributed by atoms with E-state index >= 15 is 0 Å². The Morgan fingerprint density at radius 3 is 2.26 bits per heavy atom. The number of rotatable bonds is 5. The molecule has 0 spiro atoms. The van der Waals surface area contributed by atoms with E-state index in [2.05, 4.69) is 4.72 Å². The van der Waals surface area contributed by atoms with Crippen LogP contribution in [0.5, 0.6) is 5.75 Å². The Kier molecular flexibility index (Phi) is 5.86.